The third kappa shape index (κ3) is 3.39. The second kappa shape index (κ2) is 6.87. The van der Waals surface area contributed by atoms with E-state index in [0.29, 0.717) is 25.1 Å². The van der Waals surface area contributed by atoms with E-state index in [9.17, 15) is 18.4 Å². The summed E-state index contributed by atoms with van der Waals surface area (Å²) in [7, 11) is 0. The maximum absolute atomic E-state index is 13.9. The van der Waals surface area contributed by atoms with E-state index in [0.717, 1.165) is 23.5 Å². The summed E-state index contributed by atoms with van der Waals surface area (Å²) in [5.74, 6) is -3.33. The number of thiazole rings is 1. The van der Waals surface area contributed by atoms with E-state index in [1.807, 2.05) is 0 Å². The van der Waals surface area contributed by atoms with Crippen LogP contribution in [0.5, 0.6) is 0 Å². The molecule has 2 heterocycles. The first kappa shape index (κ1) is 17.5. The standard InChI is InChI=1S/C17H16F2N2O3S/c1-9-14(16(22)21-7-3-4-10(8-21)17(23)24)25-15(20-9)13-11(18)5-2-6-12(13)19/h2,5-6,10H,3-4,7-8H2,1H3,(H,23,24). The van der Waals surface area contributed by atoms with E-state index in [1.165, 1.54) is 11.0 Å². The lowest BCUT2D eigenvalue weighted by atomic mass is 9.98. The van der Waals surface area contributed by atoms with Crippen molar-refractivity contribution in [1.82, 2.24) is 9.88 Å². The van der Waals surface area contributed by atoms with Crippen molar-refractivity contribution in [2.75, 3.05) is 13.1 Å². The maximum atomic E-state index is 13.9. The van der Waals surface area contributed by atoms with Crippen LogP contribution < -0.4 is 0 Å². The molecule has 0 bridgehead atoms. The molecule has 1 unspecified atom stereocenters. The number of nitrogens with zero attached hydrogens (tertiary/aromatic N) is 2. The number of piperidine rings is 1. The second-order valence-electron chi connectivity index (χ2n) is 5.96. The second-order valence-corrected chi connectivity index (χ2v) is 6.96. The predicted octanol–water partition coefficient (Wildman–Crippen LogP) is 3.33. The number of carbonyl (C=O) groups is 2. The van der Waals surface area contributed by atoms with Gasteiger partial charge in [0.2, 0.25) is 0 Å². The number of carboxylic acid groups (broad SMARTS) is 1. The van der Waals surface area contributed by atoms with Gasteiger partial charge in [-0.3, -0.25) is 9.59 Å². The van der Waals surface area contributed by atoms with Gasteiger partial charge >= 0.3 is 5.97 Å². The molecule has 0 saturated carbocycles. The number of rotatable bonds is 3. The van der Waals surface area contributed by atoms with Gasteiger partial charge in [-0.15, -0.1) is 11.3 Å². The number of amides is 1. The Balaban J connectivity index is 1.90. The van der Waals surface area contributed by atoms with Gasteiger partial charge in [0, 0.05) is 13.1 Å². The normalized spacial score (nSPS) is 17.6. The molecule has 3 rings (SSSR count). The van der Waals surface area contributed by atoms with E-state index in [2.05, 4.69) is 4.98 Å². The van der Waals surface area contributed by atoms with Crippen LogP contribution in [0.1, 0.15) is 28.2 Å². The quantitative estimate of drug-likeness (QED) is 0.905. The summed E-state index contributed by atoms with van der Waals surface area (Å²) in [5.41, 5.74) is 0.127. The van der Waals surface area contributed by atoms with Crippen molar-refractivity contribution in [2.45, 2.75) is 19.8 Å². The molecule has 1 amide bonds. The van der Waals surface area contributed by atoms with Crippen LogP contribution in [0.4, 0.5) is 8.78 Å². The number of aliphatic carboxylic acids is 1. The van der Waals surface area contributed by atoms with Gasteiger partial charge in [0.1, 0.15) is 21.5 Å². The van der Waals surface area contributed by atoms with Gasteiger partial charge in [0.25, 0.3) is 5.91 Å². The lowest BCUT2D eigenvalue weighted by molar-refractivity contribution is -0.143. The molecule has 1 aliphatic heterocycles. The first-order chi connectivity index (χ1) is 11.9. The number of likely N-dealkylation sites (tertiary alicyclic amines) is 1. The fraction of sp³-hybridized carbons (Fsp3) is 0.353. The van der Waals surface area contributed by atoms with Gasteiger partial charge < -0.3 is 10.0 Å². The zero-order valence-electron chi connectivity index (χ0n) is 13.5. The van der Waals surface area contributed by atoms with E-state index < -0.39 is 23.5 Å². The Morgan fingerprint density at radius 1 is 1.32 bits per heavy atom. The Hall–Kier alpha value is -2.35. The molecule has 1 aromatic heterocycles. The van der Waals surface area contributed by atoms with Crippen LogP contribution in [0.25, 0.3) is 10.6 Å². The van der Waals surface area contributed by atoms with Gasteiger partial charge in [-0.05, 0) is 31.9 Å². The topological polar surface area (TPSA) is 70.5 Å². The minimum absolute atomic E-state index is 0.100. The minimum Gasteiger partial charge on any atom is -0.481 e. The fourth-order valence-corrected chi connectivity index (χ4v) is 3.99. The molecule has 8 heteroatoms. The number of hydrogen-bond donors (Lipinski definition) is 1. The largest absolute Gasteiger partial charge is 0.481 e. The SMILES string of the molecule is Cc1nc(-c2c(F)cccc2F)sc1C(=O)N1CCCC(C(=O)O)C1. The molecular weight excluding hydrogens is 350 g/mol. The van der Waals surface area contributed by atoms with Crippen LogP contribution in [-0.2, 0) is 4.79 Å². The summed E-state index contributed by atoms with van der Waals surface area (Å²) in [6.45, 7) is 2.20. The molecular formula is C17H16F2N2O3S. The number of carbonyl (C=O) groups excluding carboxylic acids is 1. The molecule has 132 valence electrons. The third-order valence-corrected chi connectivity index (χ3v) is 5.39. The van der Waals surface area contributed by atoms with E-state index in [1.54, 1.807) is 6.92 Å². The van der Waals surface area contributed by atoms with Crippen molar-refractivity contribution in [3.63, 3.8) is 0 Å². The highest BCUT2D eigenvalue weighted by Gasteiger charge is 2.31. The summed E-state index contributed by atoms with van der Waals surface area (Å²) in [6.07, 6.45) is 1.14. The average molecular weight is 366 g/mol. The molecule has 1 aliphatic rings. The molecule has 25 heavy (non-hydrogen) atoms. The van der Waals surface area contributed by atoms with Gasteiger partial charge in [0.15, 0.2) is 0 Å². The molecule has 1 atom stereocenters. The number of aryl methyl sites for hydroxylation is 1. The molecule has 2 aromatic rings. The van der Waals surface area contributed by atoms with Gasteiger partial charge in [-0.25, -0.2) is 13.8 Å². The third-order valence-electron chi connectivity index (χ3n) is 4.23. The predicted molar refractivity (Wildman–Crippen MR) is 88.5 cm³/mol. The van der Waals surface area contributed by atoms with Crippen molar-refractivity contribution in [3.8, 4) is 10.6 Å². The first-order valence-corrected chi connectivity index (χ1v) is 8.64. The highest BCUT2D eigenvalue weighted by molar-refractivity contribution is 7.17. The number of carboxylic acids is 1. The Morgan fingerprint density at radius 2 is 2.00 bits per heavy atom. The van der Waals surface area contributed by atoms with Gasteiger partial charge in [-0.1, -0.05) is 6.07 Å². The molecule has 0 spiro atoms. The summed E-state index contributed by atoms with van der Waals surface area (Å²) in [4.78, 5) is 29.8. The van der Waals surface area contributed by atoms with E-state index in [-0.39, 0.29) is 27.9 Å². The summed E-state index contributed by atoms with van der Waals surface area (Å²) >= 11 is 0.923. The first-order valence-electron chi connectivity index (χ1n) is 7.82. The van der Waals surface area contributed by atoms with Crippen LogP contribution in [-0.4, -0.2) is 40.0 Å². The monoisotopic (exact) mass is 366 g/mol. The van der Waals surface area contributed by atoms with Crippen LogP contribution in [0.15, 0.2) is 18.2 Å². The van der Waals surface area contributed by atoms with Gasteiger partial charge in [0.05, 0.1) is 17.2 Å². The van der Waals surface area contributed by atoms with Crippen molar-refractivity contribution in [3.05, 3.63) is 40.4 Å². The minimum atomic E-state index is -0.923. The number of benzene rings is 1. The van der Waals surface area contributed by atoms with Crippen molar-refractivity contribution in [2.24, 2.45) is 5.92 Å². The molecule has 0 aliphatic carbocycles. The van der Waals surface area contributed by atoms with Crippen molar-refractivity contribution in [1.29, 1.82) is 0 Å². The lowest BCUT2D eigenvalue weighted by Crippen LogP contribution is -2.42. The Kier molecular flexibility index (Phi) is 4.80. The molecule has 1 aromatic carbocycles. The van der Waals surface area contributed by atoms with Crippen LogP contribution in [0.3, 0.4) is 0 Å². The van der Waals surface area contributed by atoms with Crippen LogP contribution in [0, 0.1) is 24.5 Å². The number of halogens is 2. The van der Waals surface area contributed by atoms with Crippen LogP contribution >= 0.6 is 11.3 Å². The summed E-state index contributed by atoms with van der Waals surface area (Å²) in [5, 5.41) is 9.25. The van der Waals surface area contributed by atoms with Crippen molar-refractivity contribution >= 4 is 23.2 Å². The Morgan fingerprint density at radius 3 is 2.64 bits per heavy atom. The molecule has 1 N–H and O–H groups in total. The average Bonchev–Trinajstić information content (AvgIpc) is 2.95. The summed E-state index contributed by atoms with van der Waals surface area (Å²) < 4.78 is 27.9. The summed E-state index contributed by atoms with van der Waals surface area (Å²) in [6, 6.07) is 3.54. The zero-order chi connectivity index (χ0) is 18.1. The molecule has 1 fully saturated rings. The Labute approximate surface area is 146 Å². The van der Waals surface area contributed by atoms with Crippen molar-refractivity contribution < 1.29 is 23.5 Å². The molecule has 5 nitrogen and oxygen atoms in total. The smallest absolute Gasteiger partial charge is 0.308 e. The van der Waals surface area contributed by atoms with Crippen LogP contribution in [0.2, 0.25) is 0 Å². The number of hydrogen-bond acceptors (Lipinski definition) is 4. The molecule has 1 saturated heterocycles. The number of aromatic nitrogens is 1. The lowest BCUT2D eigenvalue weighted by Gasteiger charge is -2.30. The van der Waals surface area contributed by atoms with E-state index >= 15 is 0 Å². The molecule has 0 radical (unpaired) electrons. The van der Waals surface area contributed by atoms with Gasteiger partial charge in [-0.2, -0.15) is 0 Å². The fourth-order valence-electron chi connectivity index (χ4n) is 2.91. The Bertz CT molecular complexity index is 817. The highest BCUT2D eigenvalue weighted by Crippen LogP contribution is 2.33. The van der Waals surface area contributed by atoms with E-state index in [4.69, 9.17) is 5.11 Å². The maximum Gasteiger partial charge on any atom is 0.308 e. The highest BCUT2D eigenvalue weighted by atomic mass is 32.1. The zero-order valence-corrected chi connectivity index (χ0v) is 14.3.